The van der Waals surface area contributed by atoms with E-state index in [4.69, 9.17) is 4.74 Å². The molecule has 1 aliphatic heterocycles. The normalized spacial score (nSPS) is 18.1. The molecule has 0 spiro atoms. The van der Waals surface area contributed by atoms with Gasteiger partial charge in [0.25, 0.3) is 11.7 Å². The molecule has 0 saturated carbocycles. The molecular weight excluding hydrogens is 464 g/mol. The third-order valence-corrected chi connectivity index (χ3v) is 6.78. The fraction of sp³-hybridized carbons (Fsp3) is 0.484. The molecule has 0 bridgehead atoms. The van der Waals surface area contributed by atoms with E-state index in [0.29, 0.717) is 25.3 Å². The van der Waals surface area contributed by atoms with Crippen LogP contribution in [0.25, 0.3) is 5.76 Å². The van der Waals surface area contributed by atoms with Gasteiger partial charge in [0, 0.05) is 24.2 Å². The molecule has 6 heteroatoms. The Morgan fingerprint density at radius 1 is 0.973 bits per heavy atom. The average molecular weight is 507 g/mol. The van der Waals surface area contributed by atoms with Crippen LogP contribution >= 0.6 is 0 Å². The molecule has 1 aliphatic rings. The maximum atomic E-state index is 13.4. The number of ether oxygens (including phenoxy) is 1. The Morgan fingerprint density at radius 3 is 2.11 bits per heavy atom. The highest BCUT2D eigenvalue weighted by atomic mass is 16.5. The maximum Gasteiger partial charge on any atom is 0.295 e. The van der Waals surface area contributed by atoms with Gasteiger partial charge in [-0.1, -0.05) is 65.8 Å². The lowest BCUT2D eigenvalue weighted by Gasteiger charge is -2.28. The first-order valence-corrected chi connectivity index (χ1v) is 13.0. The summed E-state index contributed by atoms with van der Waals surface area (Å²) in [6.07, 6.45) is 0. The lowest BCUT2D eigenvalue weighted by atomic mass is 9.84. The summed E-state index contributed by atoms with van der Waals surface area (Å²) in [5.41, 5.74) is 3.22. The quantitative estimate of drug-likeness (QED) is 0.298. The summed E-state index contributed by atoms with van der Waals surface area (Å²) in [5, 5.41) is 11.6. The van der Waals surface area contributed by atoms with E-state index in [2.05, 4.69) is 41.5 Å². The van der Waals surface area contributed by atoms with Crippen molar-refractivity contribution in [1.29, 1.82) is 0 Å². The number of ketones is 1. The van der Waals surface area contributed by atoms with Crippen molar-refractivity contribution in [3.05, 3.63) is 70.3 Å². The van der Waals surface area contributed by atoms with Gasteiger partial charge in [0.1, 0.15) is 11.5 Å². The summed E-state index contributed by atoms with van der Waals surface area (Å²) in [4.78, 5) is 30.2. The molecular formula is C31H42N2O4. The van der Waals surface area contributed by atoms with E-state index in [1.54, 1.807) is 11.0 Å². The SMILES string of the molecule is CCOc1ccc(/C(O)=C2/C(=O)C(=O)N(CCN(C)C)C2c2ccc(C(C)(C)C)cc2)cc1C(C)(C)C. The number of benzene rings is 2. The van der Waals surface area contributed by atoms with Crippen LogP contribution in [0.15, 0.2) is 48.0 Å². The van der Waals surface area contributed by atoms with E-state index < -0.39 is 17.7 Å². The van der Waals surface area contributed by atoms with Gasteiger partial charge in [-0.3, -0.25) is 9.59 Å². The molecule has 200 valence electrons. The van der Waals surface area contributed by atoms with E-state index in [9.17, 15) is 14.7 Å². The number of likely N-dealkylation sites (N-methyl/N-ethyl adjacent to an activating group) is 1. The number of amides is 1. The van der Waals surface area contributed by atoms with Crippen LogP contribution < -0.4 is 4.74 Å². The van der Waals surface area contributed by atoms with Crippen molar-refractivity contribution in [3.8, 4) is 5.75 Å². The number of aliphatic hydroxyl groups is 1. The fourth-order valence-corrected chi connectivity index (χ4v) is 4.63. The lowest BCUT2D eigenvalue weighted by molar-refractivity contribution is -0.140. The molecule has 0 radical (unpaired) electrons. The van der Waals surface area contributed by atoms with Crippen molar-refractivity contribution in [3.63, 3.8) is 0 Å². The first-order valence-electron chi connectivity index (χ1n) is 13.0. The average Bonchev–Trinajstić information content (AvgIpc) is 3.06. The first kappa shape index (κ1) is 28.5. The Hall–Kier alpha value is -3.12. The Labute approximate surface area is 221 Å². The van der Waals surface area contributed by atoms with Gasteiger partial charge in [0.15, 0.2) is 0 Å². The zero-order chi connectivity index (χ0) is 27.7. The van der Waals surface area contributed by atoms with Crippen molar-refractivity contribution >= 4 is 17.4 Å². The van der Waals surface area contributed by atoms with E-state index in [0.717, 1.165) is 22.4 Å². The van der Waals surface area contributed by atoms with Crippen LogP contribution in [-0.4, -0.2) is 60.4 Å². The predicted octanol–water partition coefficient (Wildman–Crippen LogP) is 5.66. The van der Waals surface area contributed by atoms with E-state index in [-0.39, 0.29) is 22.2 Å². The molecule has 0 aliphatic carbocycles. The Bertz CT molecular complexity index is 1180. The van der Waals surface area contributed by atoms with Gasteiger partial charge in [-0.25, -0.2) is 0 Å². The summed E-state index contributed by atoms with van der Waals surface area (Å²) >= 11 is 0. The Morgan fingerprint density at radius 2 is 1.59 bits per heavy atom. The summed E-state index contributed by atoms with van der Waals surface area (Å²) in [7, 11) is 3.86. The number of hydrogen-bond acceptors (Lipinski definition) is 5. The number of carbonyl (C=O) groups excluding carboxylic acids is 2. The predicted molar refractivity (Wildman–Crippen MR) is 149 cm³/mol. The second-order valence-corrected chi connectivity index (χ2v) is 12.1. The zero-order valence-electron chi connectivity index (χ0n) is 23.8. The smallest absolute Gasteiger partial charge is 0.295 e. The summed E-state index contributed by atoms with van der Waals surface area (Å²) < 4.78 is 5.83. The minimum Gasteiger partial charge on any atom is -0.507 e. The molecule has 37 heavy (non-hydrogen) atoms. The van der Waals surface area contributed by atoms with Gasteiger partial charge in [-0.2, -0.15) is 0 Å². The molecule has 1 fully saturated rings. The molecule has 1 N–H and O–H groups in total. The minimum atomic E-state index is -0.668. The van der Waals surface area contributed by atoms with Crippen molar-refractivity contribution in [2.45, 2.75) is 65.3 Å². The van der Waals surface area contributed by atoms with Crippen molar-refractivity contribution in [2.75, 3.05) is 33.8 Å². The highest BCUT2D eigenvalue weighted by Gasteiger charge is 2.46. The van der Waals surface area contributed by atoms with Gasteiger partial charge < -0.3 is 19.6 Å². The molecule has 1 saturated heterocycles. The number of Topliss-reactive ketones (excluding diaryl/α,β-unsaturated/α-hetero) is 1. The van der Waals surface area contributed by atoms with Crippen molar-refractivity contribution in [2.24, 2.45) is 0 Å². The molecule has 6 nitrogen and oxygen atoms in total. The first-order chi connectivity index (χ1) is 17.2. The molecule has 2 aromatic rings. The van der Waals surface area contributed by atoms with Crippen LogP contribution in [0.4, 0.5) is 0 Å². The standard InChI is InChI=1S/C31H42N2O4/c1-10-37-24-16-13-21(19-23(24)31(5,6)7)27(34)25-26(20-11-14-22(15-12-20)30(2,3)4)33(18-17-32(8)9)29(36)28(25)35/h11-16,19,26,34H,10,17-18H2,1-9H3/b27-25-. The topological polar surface area (TPSA) is 70.1 Å². The van der Waals surface area contributed by atoms with Gasteiger partial charge >= 0.3 is 0 Å². The largest absolute Gasteiger partial charge is 0.507 e. The van der Waals surface area contributed by atoms with Crippen LogP contribution in [0.2, 0.25) is 0 Å². The third-order valence-electron chi connectivity index (χ3n) is 6.78. The molecule has 3 rings (SSSR count). The molecule has 1 atom stereocenters. The molecule has 1 unspecified atom stereocenters. The Kier molecular flexibility index (Phi) is 8.23. The molecule has 2 aromatic carbocycles. The van der Waals surface area contributed by atoms with Crippen LogP contribution in [-0.2, 0) is 20.4 Å². The van der Waals surface area contributed by atoms with Crippen LogP contribution in [0.1, 0.15) is 76.8 Å². The number of rotatable bonds is 7. The molecule has 1 amide bonds. The summed E-state index contributed by atoms with van der Waals surface area (Å²) in [5.74, 6) is -0.668. The lowest BCUT2D eigenvalue weighted by Crippen LogP contribution is -2.35. The number of hydrogen-bond donors (Lipinski definition) is 1. The number of nitrogens with zero attached hydrogens (tertiary/aromatic N) is 2. The minimum absolute atomic E-state index is 0.0308. The van der Waals surface area contributed by atoms with Crippen LogP contribution in [0, 0.1) is 0 Å². The van der Waals surface area contributed by atoms with Crippen LogP contribution in [0.5, 0.6) is 5.75 Å². The summed E-state index contributed by atoms with van der Waals surface area (Å²) in [6, 6.07) is 12.8. The van der Waals surface area contributed by atoms with Crippen molar-refractivity contribution < 1.29 is 19.4 Å². The fourth-order valence-electron chi connectivity index (χ4n) is 4.63. The third kappa shape index (κ3) is 6.07. The number of likely N-dealkylation sites (tertiary alicyclic amines) is 1. The van der Waals surface area contributed by atoms with Crippen molar-refractivity contribution in [1.82, 2.24) is 9.80 Å². The van der Waals surface area contributed by atoms with E-state index >= 15 is 0 Å². The second-order valence-electron chi connectivity index (χ2n) is 12.1. The zero-order valence-corrected chi connectivity index (χ0v) is 23.8. The second kappa shape index (κ2) is 10.7. The highest BCUT2D eigenvalue weighted by molar-refractivity contribution is 6.46. The number of carbonyl (C=O) groups is 2. The molecule has 1 heterocycles. The summed E-state index contributed by atoms with van der Waals surface area (Å²) in [6.45, 7) is 16.1. The monoisotopic (exact) mass is 506 g/mol. The Balaban J connectivity index is 2.20. The van der Waals surface area contributed by atoms with Crippen LogP contribution in [0.3, 0.4) is 0 Å². The number of aliphatic hydroxyl groups excluding tert-OH is 1. The maximum absolute atomic E-state index is 13.4. The molecule has 0 aromatic heterocycles. The van der Waals surface area contributed by atoms with E-state index in [1.165, 1.54) is 0 Å². The van der Waals surface area contributed by atoms with Gasteiger partial charge in [-0.15, -0.1) is 0 Å². The van der Waals surface area contributed by atoms with E-state index in [1.807, 2.05) is 62.3 Å². The van der Waals surface area contributed by atoms with Gasteiger partial charge in [0.2, 0.25) is 0 Å². The highest BCUT2D eigenvalue weighted by Crippen LogP contribution is 2.41. The van der Waals surface area contributed by atoms with Gasteiger partial charge in [-0.05, 0) is 61.2 Å². The van der Waals surface area contributed by atoms with Gasteiger partial charge in [0.05, 0.1) is 18.2 Å².